The number of ether oxygens (including phenoxy) is 1. The molecule has 6 aromatic rings. The summed E-state index contributed by atoms with van der Waals surface area (Å²) in [5.41, 5.74) is 3.25. The van der Waals surface area contributed by atoms with E-state index in [9.17, 15) is 4.79 Å². The van der Waals surface area contributed by atoms with Crippen LogP contribution in [0.25, 0.3) is 32.3 Å². The third kappa shape index (κ3) is 4.14. The molecule has 36 heavy (non-hydrogen) atoms. The quantitative estimate of drug-likeness (QED) is 0.270. The van der Waals surface area contributed by atoms with Gasteiger partial charge in [-0.1, -0.05) is 35.2 Å². The summed E-state index contributed by atoms with van der Waals surface area (Å²) < 4.78 is 10.3. The van der Waals surface area contributed by atoms with E-state index in [1.807, 2.05) is 72.2 Å². The molecule has 4 aromatic heterocycles. The van der Waals surface area contributed by atoms with Crippen LogP contribution in [-0.2, 0) is 5.75 Å². The lowest BCUT2D eigenvalue weighted by Gasteiger charge is -2.11. The summed E-state index contributed by atoms with van der Waals surface area (Å²) in [6.07, 6.45) is 3.49. The first-order valence-electron chi connectivity index (χ1n) is 11.3. The van der Waals surface area contributed by atoms with E-state index in [0.29, 0.717) is 34.0 Å². The van der Waals surface area contributed by atoms with Crippen molar-refractivity contribution >= 4 is 38.3 Å². The first-order chi connectivity index (χ1) is 17.7. The molecule has 0 saturated carbocycles. The lowest BCUT2D eigenvalue weighted by molar-refractivity contribution is 0.340. The Labute approximate surface area is 214 Å². The van der Waals surface area contributed by atoms with Gasteiger partial charge in [0.1, 0.15) is 5.75 Å². The molecule has 0 saturated heterocycles. The highest BCUT2D eigenvalue weighted by atomic mass is 32.2. The van der Waals surface area contributed by atoms with Crippen LogP contribution in [0, 0.1) is 0 Å². The summed E-state index contributed by atoms with van der Waals surface area (Å²) in [6.45, 7) is 2.56. The van der Waals surface area contributed by atoms with Gasteiger partial charge in [-0.2, -0.15) is 0 Å². The second kappa shape index (κ2) is 9.56. The SMILES string of the molecule is CCOc1ccc(-n2c(SCc3cc(=O)n4c(n3)sc3ccccc34)nnc2-c2cccnc2)cc1. The highest BCUT2D eigenvalue weighted by Crippen LogP contribution is 2.30. The summed E-state index contributed by atoms with van der Waals surface area (Å²) in [6, 6.07) is 21.1. The van der Waals surface area contributed by atoms with Crippen molar-refractivity contribution in [3.63, 3.8) is 0 Å². The number of aromatic nitrogens is 6. The Morgan fingerprint density at radius 2 is 1.89 bits per heavy atom. The molecule has 0 fully saturated rings. The molecule has 0 amide bonds. The molecule has 0 aliphatic carbocycles. The van der Waals surface area contributed by atoms with Gasteiger partial charge >= 0.3 is 0 Å². The average Bonchev–Trinajstić information content (AvgIpc) is 3.50. The average molecular weight is 513 g/mol. The molecule has 0 bridgehead atoms. The second-order valence-corrected chi connectivity index (χ2v) is 9.82. The molecule has 178 valence electrons. The monoisotopic (exact) mass is 512 g/mol. The molecule has 0 aliphatic heterocycles. The molecule has 0 aliphatic rings. The predicted octanol–water partition coefficient (Wildman–Crippen LogP) is 5.24. The van der Waals surface area contributed by atoms with Gasteiger partial charge in [0.2, 0.25) is 0 Å². The van der Waals surface area contributed by atoms with Crippen LogP contribution in [0.4, 0.5) is 0 Å². The maximum absolute atomic E-state index is 12.9. The molecule has 8 nitrogen and oxygen atoms in total. The van der Waals surface area contributed by atoms with Gasteiger partial charge in [-0.15, -0.1) is 10.2 Å². The summed E-state index contributed by atoms with van der Waals surface area (Å²) in [4.78, 5) is 22.6. The van der Waals surface area contributed by atoms with E-state index in [0.717, 1.165) is 27.2 Å². The van der Waals surface area contributed by atoms with Crippen LogP contribution in [0.1, 0.15) is 12.6 Å². The zero-order valence-electron chi connectivity index (χ0n) is 19.2. The Hall–Kier alpha value is -4.02. The zero-order chi connectivity index (χ0) is 24.5. The van der Waals surface area contributed by atoms with E-state index in [-0.39, 0.29) is 5.56 Å². The van der Waals surface area contributed by atoms with Gasteiger partial charge in [0.15, 0.2) is 15.9 Å². The minimum atomic E-state index is -0.0860. The Morgan fingerprint density at radius 1 is 1.03 bits per heavy atom. The number of benzene rings is 2. The summed E-state index contributed by atoms with van der Waals surface area (Å²) >= 11 is 2.99. The van der Waals surface area contributed by atoms with Gasteiger partial charge in [-0.3, -0.25) is 18.7 Å². The normalized spacial score (nSPS) is 11.4. The number of rotatable bonds is 7. The standard InChI is InChI=1S/C26H20N6O2S2/c1-2-34-20-11-9-19(10-12-20)31-24(17-6-5-13-27-15-17)29-30-26(31)35-16-18-14-23(33)32-21-7-3-4-8-22(21)36-25(32)28-18/h3-15H,2,16H2,1H3. The molecule has 10 heteroatoms. The fraction of sp³-hybridized carbons (Fsp3) is 0.115. The molecule has 0 atom stereocenters. The summed E-state index contributed by atoms with van der Waals surface area (Å²) in [7, 11) is 0. The first-order valence-corrected chi connectivity index (χ1v) is 13.1. The van der Waals surface area contributed by atoms with Crippen molar-refractivity contribution in [2.45, 2.75) is 17.8 Å². The van der Waals surface area contributed by atoms with Crippen LogP contribution in [0.15, 0.2) is 89.1 Å². The van der Waals surface area contributed by atoms with Crippen LogP contribution < -0.4 is 10.3 Å². The summed E-state index contributed by atoms with van der Waals surface area (Å²) in [5, 5.41) is 9.63. The maximum Gasteiger partial charge on any atom is 0.259 e. The lowest BCUT2D eigenvalue weighted by atomic mass is 10.2. The van der Waals surface area contributed by atoms with Gasteiger partial charge in [0.05, 0.1) is 22.5 Å². The Kier molecular flexibility index (Phi) is 5.96. The van der Waals surface area contributed by atoms with Gasteiger partial charge in [-0.25, -0.2) is 4.98 Å². The van der Waals surface area contributed by atoms with E-state index in [4.69, 9.17) is 9.72 Å². The topological polar surface area (TPSA) is 87.2 Å². The number of para-hydroxylation sites is 1. The Bertz CT molecular complexity index is 1730. The number of thioether (sulfide) groups is 1. The fourth-order valence-electron chi connectivity index (χ4n) is 3.97. The van der Waals surface area contributed by atoms with E-state index < -0.39 is 0 Å². The van der Waals surface area contributed by atoms with Crippen molar-refractivity contribution in [3.8, 4) is 22.8 Å². The van der Waals surface area contributed by atoms with Crippen molar-refractivity contribution in [1.29, 1.82) is 0 Å². The summed E-state index contributed by atoms with van der Waals surface area (Å²) in [5.74, 6) is 1.96. The van der Waals surface area contributed by atoms with E-state index in [1.165, 1.54) is 23.1 Å². The van der Waals surface area contributed by atoms with E-state index in [1.54, 1.807) is 22.9 Å². The Balaban J connectivity index is 1.36. The predicted molar refractivity (Wildman–Crippen MR) is 142 cm³/mol. The number of pyridine rings is 1. The van der Waals surface area contributed by atoms with Crippen LogP contribution in [0.5, 0.6) is 5.75 Å². The van der Waals surface area contributed by atoms with Crippen molar-refractivity contribution in [3.05, 3.63) is 95.2 Å². The zero-order valence-corrected chi connectivity index (χ0v) is 20.9. The largest absolute Gasteiger partial charge is 0.494 e. The fourth-order valence-corrected chi connectivity index (χ4v) is 5.87. The minimum Gasteiger partial charge on any atom is -0.494 e. The molecule has 0 N–H and O–H groups in total. The highest BCUT2D eigenvalue weighted by Gasteiger charge is 2.18. The molecule has 6 rings (SSSR count). The molecular weight excluding hydrogens is 492 g/mol. The number of thiazole rings is 1. The lowest BCUT2D eigenvalue weighted by Crippen LogP contribution is -2.13. The smallest absolute Gasteiger partial charge is 0.259 e. The van der Waals surface area contributed by atoms with E-state index >= 15 is 0 Å². The molecule has 0 radical (unpaired) electrons. The minimum absolute atomic E-state index is 0.0860. The van der Waals surface area contributed by atoms with Crippen LogP contribution >= 0.6 is 23.1 Å². The number of hydrogen-bond acceptors (Lipinski definition) is 8. The van der Waals surface area contributed by atoms with Crippen molar-refractivity contribution in [1.82, 2.24) is 29.1 Å². The van der Waals surface area contributed by atoms with Gasteiger partial charge < -0.3 is 4.74 Å². The third-order valence-electron chi connectivity index (χ3n) is 5.56. The van der Waals surface area contributed by atoms with Crippen molar-refractivity contribution in [2.75, 3.05) is 6.61 Å². The van der Waals surface area contributed by atoms with Gasteiger partial charge in [-0.05, 0) is 55.5 Å². The van der Waals surface area contributed by atoms with Gasteiger partial charge in [0.25, 0.3) is 5.56 Å². The maximum atomic E-state index is 12.9. The molecule has 4 heterocycles. The Morgan fingerprint density at radius 3 is 2.69 bits per heavy atom. The second-order valence-electron chi connectivity index (χ2n) is 7.87. The molecular formula is C26H20N6O2S2. The first kappa shape index (κ1) is 22.4. The van der Waals surface area contributed by atoms with Crippen molar-refractivity contribution in [2.24, 2.45) is 0 Å². The number of nitrogens with zero attached hydrogens (tertiary/aromatic N) is 6. The van der Waals surface area contributed by atoms with E-state index in [2.05, 4.69) is 15.2 Å². The van der Waals surface area contributed by atoms with Crippen LogP contribution in [0.3, 0.4) is 0 Å². The van der Waals surface area contributed by atoms with Crippen LogP contribution in [0.2, 0.25) is 0 Å². The van der Waals surface area contributed by atoms with Crippen molar-refractivity contribution < 1.29 is 4.74 Å². The van der Waals surface area contributed by atoms with Crippen LogP contribution in [-0.4, -0.2) is 35.7 Å². The molecule has 0 unspecified atom stereocenters. The number of hydrogen-bond donors (Lipinski definition) is 0. The molecule has 2 aromatic carbocycles. The number of fused-ring (bicyclic) bond motifs is 3. The highest BCUT2D eigenvalue weighted by molar-refractivity contribution is 7.98. The third-order valence-corrected chi connectivity index (χ3v) is 7.54. The van der Waals surface area contributed by atoms with Gasteiger partial charge in [0, 0.05) is 35.5 Å². The molecule has 0 spiro atoms.